The van der Waals surface area contributed by atoms with Crippen LogP contribution < -0.4 is 11.5 Å². The highest BCUT2D eigenvalue weighted by atomic mass is 35.5. The molecule has 0 radical (unpaired) electrons. The summed E-state index contributed by atoms with van der Waals surface area (Å²) in [5.41, 5.74) is 0. The second-order valence-electron chi connectivity index (χ2n) is 2.62. The Hall–Kier alpha value is 0.210. The van der Waals surface area contributed by atoms with Crippen molar-refractivity contribution in [2.45, 2.75) is 38.1 Å². The predicted octanol–water partition coefficient (Wildman–Crippen LogP) is 2.12. The summed E-state index contributed by atoms with van der Waals surface area (Å²) in [4.78, 5) is 0. The third-order valence-corrected chi connectivity index (χ3v) is 2.01. The standard InChI is InChI=1S/C7H15N.ClH.H3N/c1-8-7-5-3-2-4-6-7;;/h7-8H,2-6H2,1H3;1H;1H3. The van der Waals surface area contributed by atoms with E-state index in [1.54, 1.807) is 0 Å². The molecule has 0 aromatic heterocycles. The quantitative estimate of drug-likeness (QED) is 0.627. The van der Waals surface area contributed by atoms with Gasteiger partial charge < -0.3 is 11.5 Å². The lowest BCUT2D eigenvalue weighted by Gasteiger charge is -2.20. The normalized spacial score (nSPS) is 18.9. The van der Waals surface area contributed by atoms with Crippen LogP contribution in [0.4, 0.5) is 0 Å². The highest BCUT2D eigenvalue weighted by Gasteiger charge is 2.09. The molecule has 4 N–H and O–H groups in total. The first-order valence-electron chi connectivity index (χ1n) is 3.61. The average molecular weight is 167 g/mol. The molecule has 0 bridgehead atoms. The van der Waals surface area contributed by atoms with Crippen LogP contribution in [0.2, 0.25) is 0 Å². The van der Waals surface area contributed by atoms with Crippen LogP contribution in [0.1, 0.15) is 32.1 Å². The van der Waals surface area contributed by atoms with Gasteiger partial charge in [-0.15, -0.1) is 12.4 Å². The van der Waals surface area contributed by atoms with Gasteiger partial charge in [0.1, 0.15) is 0 Å². The van der Waals surface area contributed by atoms with Crippen LogP contribution in [0.3, 0.4) is 0 Å². The molecule has 1 aliphatic rings. The number of hydrogen-bond donors (Lipinski definition) is 2. The van der Waals surface area contributed by atoms with Gasteiger partial charge in [-0.2, -0.15) is 0 Å². The minimum atomic E-state index is 0. The number of hydrogen-bond acceptors (Lipinski definition) is 2. The maximum atomic E-state index is 3.30. The third-order valence-electron chi connectivity index (χ3n) is 2.01. The van der Waals surface area contributed by atoms with E-state index in [0.717, 1.165) is 6.04 Å². The summed E-state index contributed by atoms with van der Waals surface area (Å²) >= 11 is 0. The molecule has 1 rings (SSSR count). The Morgan fingerprint density at radius 2 is 1.60 bits per heavy atom. The van der Waals surface area contributed by atoms with Crippen LogP contribution in [0.25, 0.3) is 0 Å². The van der Waals surface area contributed by atoms with Crippen molar-refractivity contribution in [2.24, 2.45) is 0 Å². The lowest BCUT2D eigenvalue weighted by molar-refractivity contribution is 0.394. The van der Waals surface area contributed by atoms with Crippen LogP contribution >= 0.6 is 12.4 Å². The minimum Gasteiger partial charge on any atom is -0.344 e. The van der Waals surface area contributed by atoms with E-state index in [1.165, 1.54) is 32.1 Å². The van der Waals surface area contributed by atoms with E-state index in [-0.39, 0.29) is 18.6 Å². The van der Waals surface area contributed by atoms with Gasteiger partial charge in [0, 0.05) is 6.04 Å². The fraction of sp³-hybridized carbons (Fsp3) is 1.00. The molecule has 1 aliphatic carbocycles. The van der Waals surface area contributed by atoms with Gasteiger partial charge in [0.05, 0.1) is 0 Å². The zero-order valence-electron chi connectivity index (χ0n) is 6.73. The molecule has 0 aromatic rings. The summed E-state index contributed by atoms with van der Waals surface area (Å²) < 4.78 is 0. The van der Waals surface area contributed by atoms with Gasteiger partial charge >= 0.3 is 0 Å². The van der Waals surface area contributed by atoms with Gasteiger partial charge in [-0.25, -0.2) is 0 Å². The van der Waals surface area contributed by atoms with Crippen molar-refractivity contribution in [2.75, 3.05) is 7.05 Å². The van der Waals surface area contributed by atoms with Crippen molar-refractivity contribution < 1.29 is 0 Å². The van der Waals surface area contributed by atoms with Crippen molar-refractivity contribution in [1.82, 2.24) is 11.5 Å². The molecule has 1 fully saturated rings. The lowest BCUT2D eigenvalue weighted by atomic mass is 9.96. The molecular formula is C7H19ClN2. The fourth-order valence-electron chi connectivity index (χ4n) is 1.39. The Morgan fingerprint density at radius 1 is 1.10 bits per heavy atom. The number of rotatable bonds is 1. The Bertz CT molecular complexity index is 62.6. The SMILES string of the molecule is CNC1CCCCC1.Cl.N. The Morgan fingerprint density at radius 3 is 1.90 bits per heavy atom. The van der Waals surface area contributed by atoms with Crippen LogP contribution in [-0.2, 0) is 0 Å². The minimum absolute atomic E-state index is 0. The van der Waals surface area contributed by atoms with Gasteiger partial charge in [-0.1, -0.05) is 19.3 Å². The zero-order valence-corrected chi connectivity index (χ0v) is 7.54. The van der Waals surface area contributed by atoms with E-state index in [9.17, 15) is 0 Å². The lowest BCUT2D eigenvalue weighted by Crippen LogP contribution is -2.26. The van der Waals surface area contributed by atoms with Crippen molar-refractivity contribution in [3.63, 3.8) is 0 Å². The molecule has 0 atom stereocenters. The molecule has 0 aliphatic heterocycles. The van der Waals surface area contributed by atoms with Crippen molar-refractivity contribution >= 4 is 12.4 Å². The molecule has 3 heteroatoms. The molecule has 0 spiro atoms. The van der Waals surface area contributed by atoms with Crippen molar-refractivity contribution in [1.29, 1.82) is 0 Å². The first kappa shape index (κ1) is 12.8. The van der Waals surface area contributed by atoms with Gasteiger partial charge in [-0.05, 0) is 19.9 Å². The smallest absolute Gasteiger partial charge is 0.00640 e. The van der Waals surface area contributed by atoms with E-state index in [1.807, 2.05) is 0 Å². The monoisotopic (exact) mass is 166 g/mol. The second-order valence-corrected chi connectivity index (χ2v) is 2.62. The fourth-order valence-corrected chi connectivity index (χ4v) is 1.39. The Balaban J connectivity index is 0. The maximum Gasteiger partial charge on any atom is 0.00640 e. The van der Waals surface area contributed by atoms with Gasteiger partial charge in [0.2, 0.25) is 0 Å². The molecule has 0 saturated heterocycles. The van der Waals surface area contributed by atoms with Gasteiger partial charge in [0.15, 0.2) is 0 Å². The zero-order chi connectivity index (χ0) is 5.82. The van der Waals surface area contributed by atoms with E-state index in [0.29, 0.717) is 0 Å². The summed E-state index contributed by atoms with van der Waals surface area (Å²) in [5.74, 6) is 0. The maximum absolute atomic E-state index is 3.30. The highest BCUT2D eigenvalue weighted by molar-refractivity contribution is 5.85. The molecular weight excluding hydrogens is 148 g/mol. The first-order valence-corrected chi connectivity index (χ1v) is 3.61. The molecule has 0 unspecified atom stereocenters. The van der Waals surface area contributed by atoms with Crippen LogP contribution in [0.5, 0.6) is 0 Å². The van der Waals surface area contributed by atoms with E-state index >= 15 is 0 Å². The molecule has 64 valence electrons. The van der Waals surface area contributed by atoms with Gasteiger partial charge in [-0.3, -0.25) is 0 Å². The Kier molecular flexibility index (Phi) is 9.40. The predicted molar refractivity (Wildman–Crippen MR) is 48.2 cm³/mol. The molecule has 10 heavy (non-hydrogen) atoms. The summed E-state index contributed by atoms with van der Waals surface area (Å²) in [7, 11) is 2.07. The van der Waals surface area contributed by atoms with E-state index < -0.39 is 0 Å². The summed E-state index contributed by atoms with van der Waals surface area (Å²) in [6, 6.07) is 0.837. The Labute approximate surface area is 69.8 Å². The second kappa shape index (κ2) is 7.32. The third kappa shape index (κ3) is 4.09. The highest BCUT2D eigenvalue weighted by Crippen LogP contribution is 2.16. The summed E-state index contributed by atoms with van der Waals surface area (Å²) in [5, 5.41) is 3.30. The first-order chi connectivity index (χ1) is 3.93. The van der Waals surface area contributed by atoms with E-state index in [4.69, 9.17) is 0 Å². The summed E-state index contributed by atoms with van der Waals surface area (Å²) in [6.45, 7) is 0. The van der Waals surface area contributed by atoms with Crippen LogP contribution in [0.15, 0.2) is 0 Å². The molecule has 2 nitrogen and oxygen atoms in total. The summed E-state index contributed by atoms with van der Waals surface area (Å²) in [6.07, 6.45) is 7.13. The van der Waals surface area contributed by atoms with Crippen LogP contribution in [0, 0.1) is 0 Å². The van der Waals surface area contributed by atoms with Crippen LogP contribution in [-0.4, -0.2) is 13.1 Å². The van der Waals surface area contributed by atoms with E-state index in [2.05, 4.69) is 12.4 Å². The topological polar surface area (TPSA) is 47.0 Å². The van der Waals surface area contributed by atoms with Crippen molar-refractivity contribution in [3.05, 3.63) is 0 Å². The number of halogens is 1. The molecule has 0 amide bonds. The molecule has 0 heterocycles. The molecule has 1 saturated carbocycles. The largest absolute Gasteiger partial charge is 0.344 e. The molecule has 0 aromatic carbocycles. The number of nitrogens with one attached hydrogen (secondary N) is 1. The van der Waals surface area contributed by atoms with Gasteiger partial charge in [0.25, 0.3) is 0 Å². The van der Waals surface area contributed by atoms with Crippen molar-refractivity contribution in [3.8, 4) is 0 Å². The average Bonchev–Trinajstić information content (AvgIpc) is 1.90.